The molecule has 1 saturated heterocycles. The van der Waals surface area contributed by atoms with E-state index in [1.165, 1.54) is 39.4 Å². The largest absolute Gasteiger partial charge is 0.496 e. The molecule has 12 heteroatoms. The summed E-state index contributed by atoms with van der Waals surface area (Å²) in [6.45, 7) is -0.492. The van der Waals surface area contributed by atoms with Gasteiger partial charge in [0.2, 0.25) is 17.6 Å². The van der Waals surface area contributed by atoms with Crippen molar-refractivity contribution in [2.75, 3.05) is 41.5 Å². The maximum Gasteiger partial charge on any atom is 0.422 e. The number of nitrogens with zero attached hydrogens (tertiary/aromatic N) is 2. The molecule has 1 fully saturated rings. The van der Waals surface area contributed by atoms with Crippen molar-refractivity contribution in [1.29, 1.82) is 0 Å². The molecule has 0 saturated carbocycles. The standard InChI is InChI=1S/C30H30Cl2N2O8/c1-38-23-12-10-21(31)14-19(23)13-20-16-33(15-18-9-11-25(39-2)28(41-4)27(18)40-3)26(35)17-34(29(20)36)30(37)42-24-8-6-5-7-22(24)32/h5-12,14,20H,13,15-17H2,1-4H3/t20-/m1/s1. The van der Waals surface area contributed by atoms with Gasteiger partial charge in [-0.2, -0.15) is 0 Å². The molecule has 0 N–H and O–H groups in total. The van der Waals surface area contributed by atoms with Crippen molar-refractivity contribution < 1.29 is 38.1 Å². The van der Waals surface area contributed by atoms with Crippen LogP contribution in [-0.2, 0) is 22.6 Å². The first kappa shape index (κ1) is 30.8. The number of ether oxygens (including phenoxy) is 5. The monoisotopic (exact) mass is 616 g/mol. The van der Waals surface area contributed by atoms with Gasteiger partial charge in [0.1, 0.15) is 12.3 Å². The lowest BCUT2D eigenvalue weighted by Gasteiger charge is -2.25. The van der Waals surface area contributed by atoms with Gasteiger partial charge in [-0.05, 0) is 54.4 Å². The predicted octanol–water partition coefficient (Wildman–Crippen LogP) is 5.26. The first-order chi connectivity index (χ1) is 20.2. The molecule has 0 spiro atoms. The number of hydrogen-bond acceptors (Lipinski definition) is 8. The first-order valence-electron chi connectivity index (χ1n) is 12.9. The highest BCUT2D eigenvalue weighted by molar-refractivity contribution is 6.32. The molecular weight excluding hydrogens is 587 g/mol. The number of imide groups is 1. The van der Waals surface area contributed by atoms with E-state index in [1.54, 1.807) is 48.5 Å². The summed E-state index contributed by atoms with van der Waals surface area (Å²) in [5.41, 5.74) is 1.25. The lowest BCUT2D eigenvalue weighted by atomic mass is 9.96. The van der Waals surface area contributed by atoms with Crippen molar-refractivity contribution in [3.8, 4) is 28.7 Å². The summed E-state index contributed by atoms with van der Waals surface area (Å²) in [5, 5.41) is 0.631. The van der Waals surface area contributed by atoms with Crippen molar-refractivity contribution >= 4 is 41.1 Å². The number of methoxy groups -OCH3 is 4. The van der Waals surface area contributed by atoms with E-state index >= 15 is 0 Å². The summed E-state index contributed by atoms with van der Waals surface area (Å²) in [6, 6.07) is 14.9. The van der Waals surface area contributed by atoms with Crippen LogP contribution in [0.1, 0.15) is 11.1 Å². The Hall–Kier alpha value is -4.15. The number of rotatable bonds is 9. The third kappa shape index (κ3) is 6.66. The van der Waals surface area contributed by atoms with E-state index in [1.807, 2.05) is 0 Å². The first-order valence-corrected chi connectivity index (χ1v) is 13.6. The van der Waals surface area contributed by atoms with Gasteiger partial charge in [-0.3, -0.25) is 9.59 Å². The highest BCUT2D eigenvalue weighted by atomic mass is 35.5. The molecule has 0 aromatic heterocycles. The quantitative estimate of drug-likeness (QED) is 0.321. The van der Waals surface area contributed by atoms with Crippen molar-refractivity contribution in [3.63, 3.8) is 0 Å². The number of carbonyl (C=O) groups excluding carboxylic acids is 3. The second-order valence-electron chi connectivity index (χ2n) is 9.35. The lowest BCUT2D eigenvalue weighted by molar-refractivity contribution is -0.135. The summed E-state index contributed by atoms with van der Waals surface area (Å²) >= 11 is 12.4. The number of carbonyl (C=O) groups is 3. The van der Waals surface area contributed by atoms with E-state index in [9.17, 15) is 14.4 Å². The fraction of sp³-hybridized carbons (Fsp3) is 0.300. The van der Waals surface area contributed by atoms with Crippen LogP contribution in [-0.4, -0.2) is 69.2 Å². The number of benzene rings is 3. The van der Waals surface area contributed by atoms with Gasteiger partial charge in [0.25, 0.3) is 0 Å². The Balaban J connectivity index is 1.71. The molecule has 42 heavy (non-hydrogen) atoms. The Labute approximate surface area is 253 Å². The fourth-order valence-electron chi connectivity index (χ4n) is 4.78. The van der Waals surface area contributed by atoms with Crippen molar-refractivity contribution in [1.82, 2.24) is 9.80 Å². The Kier molecular flexibility index (Phi) is 10.0. The third-order valence-corrected chi connectivity index (χ3v) is 7.36. The number of para-hydroxylation sites is 1. The molecule has 4 rings (SSSR count). The van der Waals surface area contributed by atoms with Crippen molar-refractivity contribution in [2.45, 2.75) is 13.0 Å². The zero-order valence-electron chi connectivity index (χ0n) is 23.5. The van der Waals surface area contributed by atoms with E-state index < -0.39 is 30.4 Å². The number of halogens is 2. The third-order valence-electron chi connectivity index (χ3n) is 6.81. The van der Waals surface area contributed by atoms with Crippen LogP contribution in [0.15, 0.2) is 54.6 Å². The van der Waals surface area contributed by atoms with Crippen LogP contribution in [0.5, 0.6) is 28.7 Å². The van der Waals surface area contributed by atoms with Gasteiger partial charge >= 0.3 is 6.09 Å². The molecule has 0 bridgehead atoms. The molecule has 1 atom stereocenters. The number of amides is 3. The minimum atomic E-state index is -1.02. The molecule has 3 amide bonds. The van der Waals surface area contributed by atoms with Gasteiger partial charge < -0.3 is 28.6 Å². The molecular formula is C30H30Cl2N2O8. The van der Waals surface area contributed by atoms with Gasteiger partial charge in [0, 0.05) is 23.7 Å². The maximum absolute atomic E-state index is 13.9. The molecule has 10 nitrogen and oxygen atoms in total. The summed E-state index contributed by atoms with van der Waals surface area (Å²) in [4.78, 5) is 43.1. The lowest BCUT2D eigenvalue weighted by Crippen LogP contribution is -2.44. The molecule has 3 aromatic rings. The molecule has 1 aliphatic heterocycles. The van der Waals surface area contributed by atoms with Crippen LogP contribution >= 0.6 is 23.2 Å². The fourth-order valence-corrected chi connectivity index (χ4v) is 5.15. The Bertz CT molecular complexity index is 1480. The average Bonchev–Trinajstić information content (AvgIpc) is 3.09. The number of hydrogen-bond donors (Lipinski definition) is 0. The van der Waals surface area contributed by atoms with E-state index in [4.69, 9.17) is 46.9 Å². The Morgan fingerprint density at radius 1 is 0.833 bits per heavy atom. The molecule has 0 aliphatic carbocycles. The van der Waals surface area contributed by atoms with Crippen LogP contribution in [0, 0.1) is 5.92 Å². The van der Waals surface area contributed by atoms with Gasteiger partial charge in [0.15, 0.2) is 17.2 Å². The molecule has 222 valence electrons. The highest BCUT2D eigenvalue weighted by Crippen LogP contribution is 2.40. The van der Waals surface area contributed by atoms with Crippen LogP contribution in [0.2, 0.25) is 10.0 Å². The van der Waals surface area contributed by atoms with Crippen LogP contribution < -0.4 is 23.7 Å². The SMILES string of the molecule is COc1ccc(Cl)cc1C[C@@H]1CN(Cc2ccc(OC)c(OC)c2OC)C(=O)CN(C(=O)Oc2ccccc2Cl)C1=O. The Morgan fingerprint density at radius 3 is 2.19 bits per heavy atom. The van der Waals surface area contributed by atoms with Crippen LogP contribution in [0.4, 0.5) is 4.79 Å². The van der Waals surface area contributed by atoms with Crippen LogP contribution in [0.3, 0.4) is 0 Å². The summed E-state index contributed by atoms with van der Waals surface area (Å²) in [7, 11) is 5.98. The normalized spacial score (nSPS) is 15.2. The second kappa shape index (κ2) is 13.7. The van der Waals surface area contributed by atoms with E-state index in [0.717, 1.165) is 4.90 Å². The molecule has 3 aromatic carbocycles. The second-order valence-corrected chi connectivity index (χ2v) is 10.2. The van der Waals surface area contributed by atoms with E-state index in [0.29, 0.717) is 39.1 Å². The Morgan fingerprint density at radius 2 is 1.52 bits per heavy atom. The summed E-state index contributed by atoms with van der Waals surface area (Å²) in [6.07, 6.45) is -0.888. The van der Waals surface area contributed by atoms with Gasteiger partial charge in [-0.15, -0.1) is 0 Å². The summed E-state index contributed by atoms with van der Waals surface area (Å²) < 4.78 is 27.4. The van der Waals surface area contributed by atoms with E-state index in [2.05, 4.69) is 0 Å². The minimum Gasteiger partial charge on any atom is -0.496 e. The average molecular weight is 617 g/mol. The predicted molar refractivity (Wildman–Crippen MR) is 156 cm³/mol. The molecule has 1 heterocycles. The van der Waals surface area contributed by atoms with E-state index in [-0.39, 0.29) is 30.3 Å². The maximum atomic E-state index is 13.9. The van der Waals surface area contributed by atoms with Gasteiger partial charge in [-0.1, -0.05) is 35.3 Å². The molecule has 1 aliphatic rings. The van der Waals surface area contributed by atoms with Crippen molar-refractivity contribution in [3.05, 3.63) is 75.8 Å². The zero-order chi connectivity index (χ0) is 30.4. The zero-order valence-corrected chi connectivity index (χ0v) is 25.0. The van der Waals surface area contributed by atoms with Gasteiger partial charge in [0.05, 0.1) is 39.4 Å². The topological polar surface area (TPSA) is 104 Å². The summed E-state index contributed by atoms with van der Waals surface area (Å²) in [5.74, 6) is -0.149. The van der Waals surface area contributed by atoms with Crippen molar-refractivity contribution in [2.24, 2.45) is 5.92 Å². The minimum absolute atomic E-state index is 0.0132. The molecule has 0 radical (unpaired) electrons. The van der Waals surface area contributed by atoms with Crippen LogP contribution in [0.25, 0.3) is 0 Å². The van der Waals surface area contributed by atoms with Gasteiger partial charge in [-0.25, -0.2) is 9.69 Å². The smallest absolute Gasteiger partial charge is 0.422 e. The highest BCUT2D eigenvalue weighted by Gasteiger charge is 2.39. The molecule has 0 unspecified atom stereocenters.